The molecule has 0 aliphatic carbocycles. The van der Waals surface area contributed by atoms with Crippen molar-refractivity contribution < 1.29 is 4.79 Å². The van der Waals surface area contributed by atoms with Gasteiger partial charge in [0.25, 0.3) is 0 Å². The maximum atomic E-state index is 11.9. The van der Waals surface area contributed by atoms with Gasteiger partial charge in [-0.25, -0.2) is 0 Å². The maximum absolute atomic E-state index is 11.9. The Morgan fingerprint density at radius 1 is 1.00 bits per heavy atom. The number of piperazine rings is 1. The average molecular weight is 282 g/mol. The van der Waals surface area contributed by atoms with Gasteiger partial charge >= 0.3 is 0 Å². The molecule has 118 valence electrons. The van der Waals surface area contributed by atoms with Crippen molar-refractivity contribution in [1.82, 2.24) is 9.80 Å². The maximum Gasteiger partial charge on any atom is 0.225 e. The van der Waals surface area contributed by atoms with Crippen LogP contribution in [0.2, 0.25) is 0 Å². The lowest BCUT2D eigenvalue weighted by molar-refractivity contribution is -0.136. The summed E-state index contributed by atoms with van der Waals surface area (Å²) < 4.78 is 0. The summed E-state index contributed by atoms with van der Waals surface area (Å²) in [5, 5.41) is 0. The molecule has 1 saturated heterocycles. The number of unbranched alkanes of at least 4 members (excludes halogenated alkanes) is 2. The highest BCUT2D eigenvalue weighted by molar-refractivity contribution is 5.78. The van der Waals surface area contributed by atoms with Crippen molar-refractivity contribution in [2.24, 2.45) is 11.3 Å². The van der Waals surface area contributed by atoms with E-state index in [-0.39, 0.29) is 5.92 Å². The molecule has 1 aliphatic heterocycles. The minimum atomic E-state index is 0.138. The third-order valence-electron chi connectivity index (χ3n) is 4.08. The minimum absolute atomic E-state index is 0.138. The molecule has 1 aliphatic rings. The quantitative estimate of drug-likeness (QED) is 0.697. The summed E-state index contributed by atoms with van der Waals surface area (Å²) in [6.07, 6.45) is 5.30. The molecule has 0 radical (unpaired) electrons. The van der Waals surface area contributed by atoms with E-state index in [1.54, 1.807) is 0 Å². The molecule has 3 nitrogen and oxygen atoms in total. The number of nitrogens with zero attached hydrogens (tertiary/aromatic N) is 2. The van der Waals surface area contributed by atoms with E-state index in [9.17, 15) is 4.79 Å². The molecule has 0 unspecified atom stereocenters. The summed E-state index contributed by atoms with van der Waals surface area (Å²) in [5.41, 5.74) is 0.475. The van der Waals surface area contributed by atoms with Crippen LogP contribution >= 0.6 is 0 Å². The van der Waals surface area contributed by atoms with Gasteiger partial charge in [-0.05, 0) is 24.8 Å². The highest BCUT2D eigenvalue weighted by Gasteiger charge is 2.22. The number of hydrogen-bond acceptors (Lipinski definition) is 2. The van der Waals surface area contributed by atoms with E-state index in [0.717, 1.165) is 26.2 Å². The predicted octanol–water partition coefficient (Wildman–Crippen LogP) is 3.39. The van der Waals surface area contributed by atoms with E-state index in [0.29, 0.717) is 11.3 Å². The molecule has 1 heterocycles. The van der Waals surface area contributed by atoms with Crippen LogP contribution in [0.5, 0.6) is 0 Å². The molecule has 0 N–H and O–H groups in total. The zero-order chi connectivity index (χ0) is 15.2. The van der Waals surface area contributed by atoms with Gasteiger partial charge < -0.3 is 4.90 Å². The van der Waals surface area contributed by atoms with Crippen molar-refractivity contribution in [2.45, 2.75) is 60.3 Å². The van der Waals surface area contributed by atoms with Crippen LogP contribution in [-0.2, 0) is 4.79 Å². The molecular weight excluding hydrogens is 248 g/mol. The zero-order valence-corrected chi connectivity index (χ0v) is 14.2. The van der Waals surface area contributed by atoms with Crippen LogP contribution in [-0.4, -0.2) is 48.4 Å². The van der Waals surface area contributed by atoms with Gasteiger partial charge in [0, 0.05) is 32.1 Å². The van der Waals surface area contributed by atoms with E-state index in [1.807, 2.05) is 18.7 Å². The monoisotopic (exact) mass is 282 g/mol. The minimum Gasteiger partial charge on any atom is -0.340 e. The largest absolute Gasteiger partial charge is 0.340 e. The van der Waals surface area contributed by atoms with Crippen LogP contribution < -0.4 is 0 Å². The van der Waals surface area contributed by atoms with Crippen LogP contribution in [0.15, 0.2) is 0 Å². The highest BCUT2D eigenvalue weighted by Crippen LogP contribution is 2.22. The molecule has 1 fully saturated rings. The standard InChI is InChI=1S/C17H34N2O/c1-15(2)16(20)19-13-11-18(12-14-19)10-8-6-7-9-17(3,4)5/h15H,6-14H2,1-5H3. The van der Waals surface area contributed by atoms with E-state index >= 15 is 0 Å². The van der Waals surface area contributed by atoms with Crippen molar-refractivity contribution in [1.29, 1.82) is 0 Å². The third kappa shape index (κ3) is 6.74. The van der Waals surface area contributed by atoms with Crippen molar-refractivity contribution >= 4 is 5.91 Å². The Bertz CT molecular complexity index is 286. The second kappa shape index (κ2) is 8.02. The van der Waals surface area contributed by atoms with Gasteiger partial charge in [-0.2, -0.15) is 0 Å². The normalized spacial score (nSPS) is 17.8. The molecule has 0 aromatic carbocycles. The van der Waals surface area contributed by atoms with E-state index in [4.69, 9.17) is 0 Å². The Morgan fingerprint density at radius 2 is 1.60 bits per heavy atom. The Hall–Kier alpha value is -0.570. The molecule has 1 rings (SSSR count). The lowest BCUT2D eigenvalue weighted by Gasteiger charge is -2.35. The van der Waals surface area contributed by atoms with Crippen LogP contribution in [0.4, 0.5) is 0 Å². The van der Waals surface area contributed by atoms with Crippen LogP contribution in [0.3, 0.4) is 0 Å². The molecule has 0 atom stereocenters. The molecule has 20 heavy (non-hydrogen) atoms. The molecule has 1 amide bonds. The van der Waals surface area contributed by atoms with Gasteiger partial charge in [0.15, 0.2) is 0 Å². The first-order chi connectivity index (χ1) is 9.29. The van der Waals surface area contributed by atoms with E-state index in [2.05, 4.69) is 25.7 Å². The van der Waals surface area contributed by atoms with Gasteiger partial charge in [-0.3, -0.25) is 9.69 Å². The van der Waals surface area contributed by atoms with Crippen LogP contribution in [0.1, 0.15) is 60.3 Å². The van der Waals surface area contributed by atoms with Gasteiger partial charge in [-0.1, -0.05) is 47.5 Å². The average Bonchev–Trinajstić information content (AvgIpc) is 2.37. The fourth-order valence-corrected chi connectivity index (χ4v) is 2.72. The van der Waals surface area contributed by atoms with Gasteiger partial charge in [0.1, 0.15) is 0 Å². The SMILES string of the molecule is CC(C)C(=O)N1CCN(CCCCCC(C)(C)C)CC1. The van der Waals surface area contributed by atoms with E-state index in [1.165, 1.54) is 32.2 Å². The Morgan fingerprint density at radius 3 is 2.10 bits per heavy atom. The number of hydrogen-bond donors (Lipinski definition) is 0. The molecule has 0 saturated carbocycles. The fraction of sp³-hybridized carbons (Fsp3) is 0.941. The summed E-state index contributed by atoms with van der Waals surface area (Å²) in [4.78, 5) is 16.4. The second-order valence-electron chi connectivity index (χ2n) is 7.69. The Labute approximate surface area is 125 Å². The topological polar surface area (TPSA) is 23.6 Å². The van der Waals surface area contributed by atoms with Crippen molar-refractivity contribution in [3.8, 4) is 0 Å². The number of rotatable bonds is 6. The molecule has 3 heteroatoms. The van der Waals surface area contributed by atoms with E-state index < -0.39 is 0 Å². The zero-order valence-electron chi connectivity index (χ0n) is 14.2. The summed E-state index contributed by atoms with van der Waals surface area (Å²) in [5.74, 6) is 0.453. The summed E-state index contributed by atoms with van der Waals surface area (Å²) in [6.45, 7) is 16.1. The first kappa shape index (κ1) is 17.5. The van der Waals surface area contributed by atoms with Crippen molar-refractivity contribution in [2.75, 3.05) is 32.7 Å². The van der Waals surface area contributed by atoms with Gasteiger partial charge in [0.05, 0.1) is 0 Å². The molecular formula is C17H34N2O. The van der Waals surface area contributed by atoms with Crippen molar-refractivity contribution in [3.63, 3.8) is 0 Å². The summed E-state index contributed by atoms with van der Waals surface area (Å²) >= 11 is 0. The highest BCUT2D eigenvalue weighted by atomic mass is 16.2. The fourth-order valence-electron chi connectivity index (χ4n) is 2.72. The van der Waals surface area contributed by atoms with Crippen LogP contribution in [0, 0.1) is 11.3 Å². The van der Waals surface area contributed by atoms with Gasteiger partial charge in [0.2, 0.25) is 5.91 Å². The molecule has 0 aromatic heterocycles. The number of amides is 1. The number of carbonyl (C=O) groups excluding carboxylic acids is 1. The first-order valence-corrected chi connectivity index (χ1v) is 8.31. The lowest BCUT2D eigenvalue weighted by Crippen LogP contribution is -2.49. The Balaban J connectivity index is 2.10. The number of carbonyl (C=O) groups is 1. The smallest absolute Gasteiger partial charge is 0.225 e. The molecule has 0 spiro atoms. The van der Waals surface area contributed by atoms with Gasteiger partial charge in [-0.15, -0.1) is 0 Å². The Kier molecular flexibility index (Phi) is 7.01. The second-order valence-corrected chi connectivity index (χ2v) is 7.69. The summed E-state index contributed by atoms with van der Waals surface area (Å²) in [6, 6.07) is 0. The lowest BCUT2D eigenvalue weighted by atomic mass is 9.89. The summed E-state index contributed by atoms with van der Waals surface area (Å²) in [7, 11) is 0. The third-order valence-corrected chi connectivity index (χ3v) is 4.08. The van der Waals surface area contributed by atoms with Crippen LogP contribution in [0.25, 0.3) is 0 Å². The first-order valence-electron chi connectivity index (χ1n) is 8.31. The molecule has 0 bridgehead atoms. The predicted molar refractivity (Wildman–Crippen MR) is 85.8 cm³/mol. The van der Waals surface area contributed by atoms with Crippen molar-refractivity contribution in [3.05, 3.63) is 0 Å². The molecule has 0 aromatic rings.